The van der Waals surface area contributed by atoms with E-state index in [2.05, 4.69) is 26.1 Å². The lowest BCUT2D eigenvalue weighted by Crippen LogP contribution is -2.39. The molecule has 21 heavy (non-hydrogen) atoms. The molecule has 0 saturated heterocycles. The Kier molecular flexibility index (Phi) is 9.14. The van der Waals surface area contributed by atoms with Crippen LogP contribution in [0.5, 0.6) is 0 Å². The zero-order valence-corrected chi connectivity index (χ0v) is 15.8. The Balaban J connectivity index is 0.00000400. The fourth-order valence-electron chi connectivity index (χ4n) is 1.79. The number of halogens is 3. The number of thiocarbonyl (C=S) groups is 1. The van der Waals surface area contributed by atoms with Crippen LogP contribution < -0.4 is 5.32 Å². The second-order valence-electron chi connectivity index (χ2n) is 5.78. The van der Waals surface area contributed by atoms with Gasteiger partial charge in [0.05, 0.1) is 17.2 Å². The van der Waals surface area contributed by atoms with E-state index >= 15 is 0 Å². The highest BCUT2D eigenvalue weighted by Gasteiger charge is 2.18. The highest BCUT2D eigenvalue weighted by Crippen LogP contribution is 2.28. The maximum Gasteiger partial charge on any atom is 0.159 e. The summed E-state index contributed by atoms with van der Waals surface area (Å²) in [6.07, 6.45) is 0.673. The van der Waals surface area contributed by atoms with Crippen LogP contribution in [0.2, 0.25) is 10.0 Å². The molecule has 0 aliphatic carbocycles. The fraction of sp³-hybridized carbons (Fsp3) is 0.533. The first-order valence-electron chi connectivity index (χ1n) is 6.49. The molecule has 0 saturated carbocycles. The van der Waals surface area contributed by atoms with Gasteiger partial charge in [-0.15, -0.1) is 12.4 Å². The molecule has 1 rings (SSSR count). The van der Waals surface area contributed by atoms with Crippen molar-refractivity contribution in [2.75, 3.05) is 13.7 Å². The second-order valence-corrected chi connectivity index (χ2v) is 7.05. The molecule has 0 aliphatic rings. The van der Waals surface area contributed by atoms with Gasteiger partial charge >= 0.3 is 0 Å². The first kappa shape index (κ1) is 20.9. The minimum Gasteiger partial charge on any atom is -0.490 e. The van der Waals surface area contributed by atoms with Gasteiger partial charge in [-0.05, 0) is 50.7 Å². The summed E-state index contributed by atoms with van der Waals surface area (Å²) in [5, 5.41) is 5.21. The van der Waals surface area contributed by atoms with Gasteiger partial charge in [0.15, 0.2) is 5.05 Å². The van der Waals surface area contributed by atoms with E-state index in [-0.39, 0.29) is 23.9 Å². The summed E-state index contributed by atoms with van der Waals surface area (Å²) in [5.74, 6) is 0.205. The number of hydrogen-bond donors (Lipinski definition) is 1. The average molecular weight is 371 g/mol. The van der Waals surface area contributed by atoms with Gasteiger partial charge in [0.1, 0.15) is 0 Å². The van der Waals surface area contributed by atoms with Crippen LogP contribution in [0.1, 0.15) is 38.7 Å². The van der Waals surface area contributed by atoms with Gasteiger partial charge in [0.25, 0.3) is 0 Å². The summed E-state index contributed by atoms with van der Waals surface area (Å²) in [5.41, 5.74) is 1.15. The number of hydrogen-bond acceptors (Lipinski definition) is 3. The Morgan fingerprint density at radius 3 is 2.38 bits per heavy atom. The Morgan fingerprint density at radius 2 is 1.90 bits per heavy atom. The maximum atomic E-state index is 6.10. The molecule has 6 heteroatoms. The van der Waals surface area contributed by atoms with Crippen molar-refractivity contribution in [2.24, 2.45) is 0 Å². The SMILES string of the molecule is COC(=S)CC(CNC(C)(C)C)c1ccc(Cl)c(Cl)c1.Cl. The topological polar surface area (TPSA) is 21.3 Å². The van der Waals surface area contributed by atoms with E-state index in [1.54, 1.807) is 7.11 Å². The average Bonchev–Trinajstić information content (AvgIpc) is 2.36. The molecular formula is C15H22Cl3NOS. The molecule has 0 amide bonds. The molecule has 1 atom stereocenters. The molecule has 120 valence electrons. The van der Waals surface area contributed by atoms with Gasteiger partial charge in [-0.25, -0.2) is 0 Å². The maximum absolute atomic E-state index is 6.10. The second kappa shape index (κ2) is 9.16. The van der Waals surface area contributed by atoms with Crippen molar-refractivity contribution in [3.05, 3.63) is 33.8 Å². The van der Waals surface area contributed by atoms with Crippen molar-refractivity contribution in [2.45, 2.75) is 38.6 Å². The number of nitrogens with one attached hydrogen (secondary N) is 1. The van der Waals surface area contributed by atoms with E-state index in [1.807, 2.05) is 18.2 Å². The van der Waals surface area contributed by atoms with Crippen molar-refractivity contribution in [3.8, 4) is 0 Å². The van der Waals surface area contributed by atoms with Gasteiger partial charge < -0.3 is 10.1 Å². The Bertz CT molecular complexity index is 474. The molecule has 0 bridgehead atoms. The van der Waals surface area contributed by atoms with Gasteiger partial charge in [-0.2, -0.15) is 0 Å². The van der Waals surface area contributed by atoms with E-state index in [4.69, 9.17) is 40.2 Å². The van der Waals surface area contributed by atoms with Crippen LogP contribution in [0.15, 0.2) is 18.2 Å². The third-order valence-corrected chi connectivity index (χ3v) is 4.01. The summed E-state index contributed by atoms with van der Waals surface area (Å²) in [6.45, 7) is 7.19. The van der Waals surface area contributed by atoms with Gasteiger partial charge in [0.2, 0.25) is 0 Å². The van der Waals surface area contributed by atoms with Crippen LogP contribution in [-0.4, -0.2) is 24.2 Å². The molecular weight excluding hydrogens is 349 g/mol. The molecule has 0 aromatic heterocycles. The highest BCUT2D eigenvalue weighted by atomic mass is 35.5. The third-order valence-electron chi connectivity index (χ3n) is 2.93. The van der Waals surface area contributed by atoms with E-state index in [0.29, 0.717) is 21.5 Å². The van der Waals surface area contributed by atoms with Crippen LogP contribution in [0.3, 0.4) is 0 Å². The minimum atomic E-state index is 0. The lowest BCUT2D eigenvalue weighted by molar-refractivity contribution is 0.378. The van der Waals surface area contributed by atoms with Crippen molar-refractivity contribution in [3.63, 3.8) is 0 Å². The van der Waals surface area contributed by atoms with E-state index in [9.17, 15) is 0 Å². The highest BCUT2D eigenvalue weighted by molar-refractivity contribution is 7.80. The predicted octanol–water partition coefficient (Wildman–Crippen LogP) is 5.25. The largest absolute Gasteiger partial charge is 0.490 e. The molecule has 0 aliphatic heterocycles. The normalized spacial score (nSPS) is 12.5. The summed E-state index contributed by atoms with van der Waals surface area (Å²) in [4.78, 5) is 0. The van der Waals surface area contributed by atoms with Crippen LogP contribution >= 0.6 is 47.8 Å². The van der Waals surface area contributed by atoms with Gasteiger partial charge in [-0.3, -0.25) is 0 Å². The summed E-state index contributed by atoms with van der Waals surface area (Å²) in [6, 6.07) is 5.71. The lowest BCUT2D eigenvalue weighted by atomic mass is 9.94. The zero-order valence-electron chi connectivity index (χ0n) is 12.7. The van der Waals surface area contributed by atoms with E-state index in [1.165, 1.54) is 0 Å². The number of ether oxygens (including phenoxy) is 1. The van der Waals surface area contributed by atoms with Crippen molar-refractivity contribution < 1.29 is 4.74 Å². The Morgan fingerprint density at radius 1 is 1.29 bits per heavy atom. The molecule has 1 aromatic rings. The first-order valence-corrected chi connectivity index (χ1v) is 7.66. The molecule has 1 unspecified atom stereocenters. The molecule has 0 heterocycles. The minimum absolute atomic E-state index is 0. The van der Waals surface area contributed by atoms with Crippen LogP contribution in [-0.2, 0) is 4.74 Å². The third kappa shape index (κ3) is 7.66. The van der Waals surface area contributed by atoms with Crippen LogP contribution in [0, 0.1) is 0 Å². The molecule has 0 fully saturated rings. The zero-order chi connectivity index (χ0) is 15.3. The first-order chi connectivity index (χ1) is 9.23. The molecule has 1 aromatic carbocycles. The van der Waals surface area contributed by atoms with Crippen LogP contribution in [0.4, 0.5) is 0 Å². The standard InChI is InChI=1S/C15H21Cl2NOS.ClH/c1-15(2,3)18-9-11(8-14(20)19-4)10-5-6-12(16)13(17)7-10;/h5-7,11,18H,8-9H2,1-4H3;1H. The van der Waals surface area contributed by atoms with Crippen molar-refractivity contribution in [1.29, 1.82) is 0 Å². The number of methoxy groups -OCH3 is 1. The summed E-state index contributed by atoms with van der Waals surface area (Å²) in [7, 11) is 1.60. The smallest absolute Gasteiger partial charge is 0.159 e. The van der Waals surface area contributed by atoms with Crippen molar-refractivity contribution >= 4 is 52.9 Å². The quantitative estimate of drug-likeness (QED) is 0.715. The molecule has 1 N–H and O–H groups in total. The van der Waals surface area contributed by atoms with E-state index < -0.39 is 0 Å². The summed E-state index contributed by atoms with van der Waals surface area (Å²) < 4.78 is 5.13. The monoisotopic (exact) mass is 369 g/mol. The Hall–Kier alpha value is -0.0600. The molecule has 0 spiro atoms. The van der Waals surface area contributed by atoms with Gasteiger partial charge in [0, 0.05) is 24.4 Å². The molecule has 2 nitrogen and oxygen atoms in total. The van der Waals surface area contributed by atoms with Crippen molar-refractivity contribution in [1.82, 2.24) is 5.32 Å². The number of benzene rings is 1. The lowest BCUT2D eigenvalue weighted by Gasteiger charge is -2.26. The Labute approximate surface area is 148 Å². The van der Waals surface area contributed by atoms with E-state index in [0.717, 1.165) is 12.1 Å². The summed E-state index contributed by atoms with van der Waals surface area (Å²) >= 11 is 17.3. The fourth-order valence-corrected chi connectivity index (χ4v) is 2.30. The molecule has 0 radical (unpaired) electrons. The number of rotatable bonds is 5. The van der Waals surface area contributed by atoms with Crippen LogP contribution in [0.25, 0.3) is 0 Å². The predicted molar refractivity (Wildman–Crippen MR) is 98.4 cm³/mol. The van der Waals surface area contributed by atoms with Gasteiger partial charge in [-0.1, -0.05) is 29.3 Å².